The van der Waals surface area contributed by atoms with Gasteiger partial charge >= 0.3 is 24.7 Å². The van der Waals surface area contributed by atoms with Crippen LogP contribution in [0.1, 0.15) is 105 Å². The summed E-state index contributed by atoms with van der Waals surface area (Å²) >= 11 is 6.23. The van der Waals surface area contributed by atoms with Crippen molar-refractivity contribution in [3.05, 3.63) is 142 Å². The zero-order valence-corrected chi connectivity index (χ0v) is 46.8. The molecule has 6 aliphatic rings. The Morgan fingerprint density at radius 1 is 0.494 bits per heavy atom. The zero-order chi connectivity index (χ0) is 58.4. The molecule has 0 bridgehead atoms. The van der Waals surface area contributed by atoms with E-state index in [2.05, 4.69) is 22.0 Å². The fourth-order valence-corrected chi connectivity index (χ4v) is 11.9. The number of nitrogens with zero attached hydrogens (tertiary/aromatic N) is 4. The third-order valence-corrected chi connectivity index (χ3v) is 16.0. The molecule has 4 atom stereocenters. The monoisotopic (exact) mass is 1280 g/mol. The summed E-state index contributed by atoms with van der Waals surface area (Å²) < 4.78 is 186. The normalized spacial score (nSPS) is 23.6. The number of amides is 2. The SMILES string of the molecule is O=C(c1cc(C(F)(F)F)cc(C(F)(F)F)c1)N1CCC(N2CCC3(CC2)OCCO3)CC1Cc1ccccc1.O=C(c1cc(C(F)(F)F)cc(C(F)(F)F)c1)N1CCC(N2CCC3(CC2)OCCO3)CC1Cc1ccccc1.S=CI. The van der Waals surface area contributed by atoms with Gasteiger partial charge in [0.15, 0.2) is 11.6 Å². The minimum Gasteiger partial charge on any atom is -0.347 e. The summed E-state index contributed by atoms with van der Waals surface area (Å²) in [7, 11) is 0. The number of hydrogen-bond acceptors (Lipinski definition) is 9. The Hall–Kier alpha value is -4.44. The van der Waals surface area contributed by atoms with Crippen LogP contribution in [0, 0.1) is 0 Å². The van der Waals surface area contributed by atoms with Crippen molar-refractivity contribution in [3.8, 4) is 0 Å². The largest absolute Gasteiger partial charge is 0.416 e. The smallest absolute Gasteiger partial charge is 0.347 e. The van der Waals surface area contributed by atoms with Crippen LogP contribution < -0.4 is 0 Å². The van der Waals surface area contributed by atoms with Crippen LogP contribution in [0.5, 0.6) is 0 Å². The second-order valence-electron chi connectivity index (χ2n) is 21.0. The molecule has 6 aliphatic heterocycles. The average molecular weight is 1290 g/mol. The van der Waals surface area contributed by atoms with E-state index >= 15 is 0 Å². The summed E-state index contributed by atoms with van der Waals surface area (Å²) in [6.45, 7) is 5.75. The fraction of sp³-hybridized carbons (Fsp3) is 0.526. The molecule has 0 aromatic heterocycles. The van der Waals surface area contributed by atoms with E-state index in [-0.39, 0.29) is 37.3 Å². The summed E-state index contributed by atoms with van der Waals surface area (Å²) in [4.78, 5) is 34.7. The summed E-state index contributed by atoms with van der Waals surface area (Å²) in [6.07, 6.45) is -14.1. The van der Waals surface area contributed by atoms with Crippen LogP contribution in [0.2, 0.25) is 0 Å². The predicted molar refractivity (Wildman–Crippen MR) is 287 cm³/mol. The minimum atomic E-state index is -5.02. The maximum atomic E-state index is 13.6. The first-order valence-electron chi connectivity index (χ1n) is 26.7. The van der Waals surface area contributed by atoms with Crippen molar-refractivity contribution in [3.63, 3.8) is 0 Å². The third kappa shape index (κ3) is 16.1. The molecule has 2 amide bonds. The highest BCUT2D eigenvalue weighted by Gasteiger charge is 2.46. The molecule has 2 spiro atoms. The molecule has 6 saturated heterocycles. The highest BCUT2D eigenvalue weighted by Crippen LogP contribution is 2.41. The fourth-order valence-electron chi connectivity index (χ4n) is 11.9. The number of likely N-dealkylation sites (tertiary alicyclic amines) is 4. The summed E-state index contributed by atoms with van der Waals surface area (Å²) in [5.41, 5.74) is -5.31. The third-order valence-electron chi connectivity index (χ3n) is 16.0. The van der Waals surface area contributed by atoms with Gasteiger partial charge in [-0.25, -0.2) is 0 Å². The number of alkyl halides is 12. The zero-order valence-electron chi connectivity index (χ0n) is 43.8. The molecule has 442 valence electrons. The lowest BCUT2D eigenvalue weighted by Gasteiger charge is -2.47. The van der Waals surface area contributed by atoms with Crippen LogP contribution >= 0.6 is 34.8 Å². The van der Waals surface area contributed by atoms with E-state index in [1.807, 2.05) is 83.3 Å². The lowest BCUT2D eigenvalue weighted by molar-refractivity contribution is -0.189. The van der Waals surface area contributed by atoms with Gasteiger partial charge in [-0.1, -0.05) is 72.9 Å². The molecule has 4 aromatic rings. The van der Waals surface area contributed by atoms with Crippen molar-refractivity contribution in [2.24, 2.45) is 0 Å². The van der Waals surface area contributed by atoms with Gasteiger partial charge in [0.1, 0.15) is 0 Å². The molecule has 6 fully saturated rings. The molecule has 81 heavy (non-hydrogen) atoms. The summed E-state index contributed by atoms with van der Waals surface area (Å²) in [6, 6.07) is 20.4. The second kappa shape index (κ2) is 26.2. The van der Waals surface area contributed by atoms with Crippen molar-refractivity contribution < 1.29 is 81.2 Å². The number of hydrogen-bond donors (Lipinski definition) is 0. The highest BCUT2D eigenvalue weighted by molar-refractivity contribution is 14.1. The molecular formula is C57H61F12IN4O6S. The van der Waals surface area contributed by atoms with Crippen molar-refractivity contribution in [2.75, 3.05) is 65.7 Å². The summed E-state index contributed by atoms with van der Waals surface area (Å²) in [5.74, 6) is -2.71. The minimum absolute atomic E-state index is 0.0470. The molecule has 0 radical (unpaired) electrons. The van der Waals surface area contributed by atoms with Crippen molar-refractivity contribution in [1.29, 1.82) is 0 Å². The Labute approximate surface area is 480 Å². The quantitative estimate of drug-likeness (QED) is 0.0741. The van der Waals surface area contributed by atoms with Crippen LogP contribution in [0.3, 0.4) is 0 Å². The van der Waals surface area contributed by atoms with Gasteiger partial charge in [0.2, 0.25) is 0 Å². The number of carbonyl (C=O) groups excluding carboxylic acids is 2. The van der Waals surface area contributed by atoms with Crippen molar-refractivity contribution >= 4 is 50.0 Å². The van der Waals surface area contributed by atoms with Crippen LogP contribution in [0.4, 0.5) is 52.7 Å². The second-order valence-corrected chi connectivity index (χ2v) is 22.7. The lowest BCUT2D eigenvalue weighted by atomic mass is 9.89. The van der Waals surface area contributed by atoms with E-state index in [0.29, 0.717) is 89.2 Å². The van der Waals surface area contributed by atoms with Crippen LogP contribution in [0.25, 0.3) is 0 Å². The van der Waals surface area contributed by atoms with E-state index in [1.54, 1.807) is 3.37 Å². The highest BCUT2D eigenvalue weighted by atomic mass is 127. The number of thiocarbonyl (C=S) groups is 1. The van der Waals surface area contributed by atoms with Crippen LogP contribution in [-0.2, 0) is 56.5 Å². The first kappa shape index (κ1) is 62.6. The Morgan fingerprint density at radius 2 is 0.778 bits per heavy atom. The lowest BCUT2D eigenvalue weighted by Crippen LogP contribution is -2.55. The topological polar surface area (TPSA) is 84.0 Å². The molecule has 4 aromatic carbocycles. The number of carbonyl (C=O) groups is 2. The summed E-state index contributed by atoms with van der Waals surface area (Å²) in [5, 5.41) is 0. The molecule has 24 heteroatoms. The Kier molecular flexibility index (Phi) is 20.3. The molecule has 4 unspecified atom stereocenters. The molecule has 6 heterocycles. The Bertz CT molecular complexity index is 2490. The predicted octanol–water partition coefficient (Wildman–Crippen LogP) is 12.9. The number of ether oxygens (including phenoxy) is 4. The number of benzene rings is 4. The van der Waals surface area contributed by atoms with E-state index < -0.39 is 93.6 Å². The molecule has 0 N–H and O–H groups in total. The van der Waals surface area contributed by atoms with E-state index in [9.17, 15) is 62.3 Å². The number of halogens is 13. The standard InChI is InChI=1S/2C28H30F6N2O3.CHIS/c2*29-27(30,31)21-15-20(16-22(17-21)28(32,33)34)25(37)36-9-6-23(18-24(36)14-19-4-2-1-3-5-19)35-10-7-26(8-11-35)38-12-13-39-26;2-1-3/h2*1-5,15-17,23-24H,6-14,18H2;1H. The van der Waals surface area contributed by atoms with Crippen LogP contribution in [0.15, 0.2) is 97.1 Å². The van der Waals surface area contributed by atoms with Gasteiger partial charge in [-0.05, 0) is 109 Å². The maximum absolute atomic E-state index is 13.6. The number of rotatable bonds is 8. The van der Waals surface area contributed by atoms with E-state index in [1.165, 1.54) is 9.80 Å². The molecule has 10 rings (SSSR count). The van der Waals surface area contributed by atoms with Gasteiger partial charge in [-0.15, -0.1) is 0 Å². The first-order valence-corrected chi connectivity index (χ1v) is 28.4. The van der Waals surface area contributed by atoms with Gasteiger partial charge in [-0.2, -0.15) is 52.7 Å². The van der Waals surface area contributed by atoms with E-state index in [4.69, 9.17) is 18.9 Å². The molecule has 10 nitrogen and oxygen atoms in total. The molecular weight excluding hydrogens is 1220 g/mol. The van der Waals surface area contributed by atoms with Gasteiger partial charge in [0.05, 0.1) is 48.7 Å². The van der Waals surface area contributed by atoms with Crippen LogP contribution in [-0.4, -0.2) is 136 Å². The number of piperidine rings is 4. The van der Waals surface area contributed by atoms with Gasteiger partial charge in [0, 0.05) is 104 Å². The molecule has 0 saturated carbocycles. The van der Waals surface area contributed by atoms with Gasteiger partial charge in [-0.3, -0.25) is 19.4 Å². The van der Waals surface area contributed by atoms with Gasteiger partial charge < -0.3 is 28.7 Å². The first-order chi connectivity index (χ1) is 38.3. The Morgan fingerprint density at radius 3 is 1.05 bits per heavy atom. The van der Waals surface area contributed by atoms with Crippen molar-refractivity contribution in [1.82, 2.24) is 19.6 Å². The van der Waals surface area contributed by atoms with Gasteiger partial charge in [0.25, 0.3) is 11.8 Å². The maximum Gasteiger partial charge on any atom is 0.416 e. The molecule has 0 aliphatic carbocycles. The Balaban J connectivity index is 0.000000203. The average Bonchev–Trinajstić information content (AvgIpc) is 4.11. The van der Waals surface area contributed by atoms with E-state index in [0.717, 1.165) is 63.0 Å². The van der Waals surface area contributed by atoms with Crippen molar-refractivity contribution in [2.45, 2.75) is 125 Å².